The maximum Gasteiger partial charge on any atom is 0.418 e. The first-order valence-electron chi connectivity index (χ1n) is 7.96. The third-order valence-electron chi connectivity index (χ3n) is 4.06. The Balaban J connectivity index is 1.68. The molecule has 0 saturated heterocycles. The summed E-state index contributed by atoms with van der Waals surface area (Å²) in [6.45, 7) is 0. The Morgan fingerprint density at radius 1 is 1.15 bits per heavy atom. The molecule has 0 amide bonds. The zero-order chi connectivity index (χ0) is 18.5. The summed E-state index contributed by atoms with van der Waals surface area (Å²) < 4.78 is 40.0. The van der Waals surface area contributed by atoms with Crippen molar-refractivity contribution in [3.8, 4) is 0 Å². The zero-order valence-corrected chi connectivity index (χ0v) is 13.5. The number of nitrogens with zero attached hydrogens (tertiary/aromatic N) is 3. The number of nitrogens with two attached hydrogens (primary N) is 2. The van der Waals surface area contributed by atoms with Gasteiger partial charge in [0, 0.05) is 23.5 Å². The van der Waals surface area contributed by atoms with Crippen LogP contribution in [-0.4, -0.2) is 20.6 Å². The maximum absolute atomic E-state index is 12.8. The van der Waals surface area contributed by atoms with Crippen LogP contribution in [0.5, 0.6) is 0 Å². The lowest BCUT2D eigenvalue weighted by Crippen LogP contribution is -2.10. The van der Waals surface area contributed by atoms with E-state index in [1.165, 1.54) is 22.8 Å². The largest absolute Gasteiger partial charge is 0.418 e. The summed E-state index contributed by atoms with van der Waals surface area (Å²) in [5.41, 5.74) is 11.9. The van der Waals surface area contributed by atoms with Gasteiger partial charge in [-0.3, -0.25) is 0 Å². The van der Waals surface area contributed by atoms with Crippen LogP contribution in [0.3, 0.4) is 0 Å². The summed E-state index contributed by atoms with van der Waals surface area (Å²) in [6, 6.07) is 5.59. The lowest BCUT2D eigenvalue weighted by atomic mass is 10.1. The molecule has 2 heterocycles. The number of imidazole rings is 1. The first kappa shape index (κ1) is 16.3. The highest BCUT2D eigenvalue weighted by atomic mass is 19.4. The summed E-state index contributed by atoms with van der Waals surface area (Å²) in [4.78, 5) is 4.24. The van der Waals surface area contributed by atoms with Gasteiger partial charge in [0.1, 0.15) is 5.82 Å². The molecule has 26 heavy (non-hydrogen) atoms. The van der Waals surface area contributed by atoms with Crippen molar-refractivity contribution in [1.29, 1.82) is 0 Å². The molecule has 136 valence electrons. The molecule has 1 aliphatic rings. The van der Waals surface area contributed by atoms with Crippen LogP contribution in [0.2, 0.25) is 0 Å². The van der Waals surface area contributed by atoms with Crippen molar-refractivity contribution < 1.29 is 13.2 Å². The minimum Gasteiger partial charge on any atom is -0.398 e. The van der Waals surface area contributed by atoms with Gasteiger partial charge in [-0.25, -0.2) is 4.98 Å². The van der Waals surface area contributed by atoms with Gasteiger partial charge in [-0.05, 0) is 31.0 Å². The molecule has 6 N–H and O–H groups in total. The third-order valence-corrected chi connectivity index (χ3v) is 4.06. The molecule has 0 bridgehead atoms. The van der Waals surface area contributed by atoms with E-state index >= 15 is 0 Å². The Kier molecular flexibility index (Phi) is 3.56. The number of hydrogen-bond donors (Lipinski definition) is 4. The highest BCUT2D eigenvalue weighted by molar-refractivity contribution is 5.75. The Morgan fingerprint density at radius 2 is 1.92 bits per heavy atom. The molecule has 4 rings (SSSR count). The average Bonchev–Trinajstić information content (AvgIpc) is 3.28. The quantitative estimate of drug-likeness (QED) is 0.530. The molecule has 0 atom stereocenters. The highest BCUT2D eigenvalue weighted by Crippen LogP contribution is 2.35. The van der Waals surface area contributed by atoms with Gasteiger partial charge in [0.2, 0.25) is 0 Å². The highest BCUT2D eigenvalue weighted by Gasteiger charge is 2.32. The van der Waals surface area contributed by atoms with Crippen molar-refractivity contribution in [2.75, 3.05) is 22.1 Å². The van der Waals surface area contributed by atoms with Crippen molar-refractivity contribution in [2.24, 2.45) is 0 Å². The molecular weight excluding hydrogens is 347 g/mol. The number of nitrogens with one attached hydrogen (secondary N) is 2. The van der Waals surface area contributed by atoms with Crippen LogP contribution in [0.15, 0.2) is 30.5 Å². The maximum atomic E-state index is 12.8. The monoisotopic (exact) mass is 363 g/mol. The number of fused-ring (bicyclic) bond motifs is 1. The van der Waals surface area contributed by atoms with E-state index < -0.39 is 11.7 Å². The molecule has 1 aromatic carbocycles. The van der Waals surface area contributed by atoms with E-state index in [1.807, 2.05) is 0 Å². The number of benzene rings is 1. The van der Waals surface area contributed by atoms with Crippen molar-refractivity contribution in [1.82, 2.24) is 14.6 Å². The minimum atomic E-state index is -4.49. The fraction of sp³-hybridized carbons (Fsp3) is 0.250. The van der Waals surface area contributed by atoms with E-state index in [1.54, 1.807) is 6.07 Å². The van der Waals surface area contributed by atoms with Crippen LogP contribution in [-0.2, 0) is 6.18 Å². The van der Waals surface area contributed by atoms with Gasteiger partial charge < -0.3 is 22.1 Å². The number of aromatic nitrogens is 3. The lowest BCUT2D eigenvalue weighted by molar-refractivity contribution is -0.136. The Morgan fingerprint density at radius 3 is 2.58 bits per heavy atom. The van der Waals surface area contributed by atoms with Gasteiger partial charge in [0.25, 0.3) is 0 Å². The third kappa shape index (κ3) is 3.05. The van der Waals surface area contributed by atoms with Crippen LogP contribution in [0.1, 0.15) is 18.4 Å². The molecule has 0 aliphatic heterocycles. The van der Waals surface area contributed by atoms with Crippen molar-refractivity contribution >= 4 is 34.3 Å². The number of anilines is 5. The van der Waals surface area contributed by atoms with Crippen LogP contribution < -0.4 is 22.1 Å². The van der Waals surface area contributed by atoms with Crippen LogP contribution in [0, 0.1) is 0 Å². The second-order valence-corrected chi connectivity index (χ2v) is 6.21. The van der Waals surface area contributed by atoms with Crippen molar-refractivity contribution in [3.63, 3.8) is 0 Å². The molecule has 7 nitrogen and oxygen atoms in total. The number of rotatable bonds is 4. The first-order valence-corrected chi connectivity index (χ1v) is 7.96. The Hall–Kier alpha value is -3.17. The van der Waals surface area contributed by atoms with Crippen LogP contribution >= 0.6 is 0 Å². The number of halogens is 3. The van der Waals surface area contributed by atoms with E-state index in [2.05, 4.69) is 20.7 Å². The van der Waals surface area contributed by atoms with Gasteiger partial charge in [-0.2, -0.15) is 17.7 Å². The molecule has 1 fully saturated rings. The molecule has 0 spiro atoms. The van der Waals surface area contributed by atoms with E-state index in [-0.39, 0.29) is 5.69 Å². The SMILES string of the molecule is Nc1cc(Nc2cc(NC3CC3)c3ncc(N)n3n2)ccc1C(F)(F)F. The molecule has 0 radical (unpaired) electrons. The minimum absolute atomic E-state index is 0.356. The van der Waals surface area contributed by atoms with Crippen LogP contribution in [0.25, 0.3) is 5.65 Å². The van der Waals surface area contributed by atoms with Crippen molar-refractivity contribution in [3.05, 3.63) is 36.0 Å². The molecular formula is C16H16F3N7. The summed E-state index contributed by atoms with van der Waals surface area (Å²) >= 11 is 0. The fourth-order valence-corrected chi connectivity index (χ4v) is 2.65. The molecule has 3 aromatic rings. The second kappa shape index (κ2) is 5.68. The van der Waals surface area contributed by atoms with E-state index in [0.29, 0.717) is 29.0 Å². The molecule has 1 aliphatic carbocycles. The summed E-state index contributed by atoms with van der Waals surface area (Å²) in [5, 5.41) is 10.6. The molecule has 10 heteroatoms. The first-order chi connectivity index (χ1) is 12.3. The van der Waals surface area contributed by atoms with Gasteiger partial charge in [-0.15, -0.1) is 5.10 Å². The van der Waals surface area contributed by atoms with Gasteiger partial charge in [-0.1, -0.05) is 0 Å². The van der Waals surface area contributed by atoms with Gasteiger partial charge in [0.15, 0.2) is 11.5 Å². The summed E-state index contributed by atoms with van der Waals surface area (Å²) in [6.07, 6.45) is -0.849. The Labute approximate surface area is 146 Å². The number of nitrogen functional groups attached to an aromatic ring is 2. The molecule has 2 aromatic heterocycles. The fourth-order valence-electron chi connectivity index (χ4n) is 2.65. The van der Waals surface area contributed by atoms with Crippen LogP contribution in [0.4, 0.5) is 41.9 Å². The molecule has 0 unspecified atom stereocenters. The summed E-state index contributed by atoms with van der Waals surface area (Å²) in [7, 11) is 0. The predicted octanol–water partition coefficient (Wildman–Crippen LogP) is 3.23. The smallest absolute Gasteiger partial charge is 0.398 e. The number of hydrogen-bond acceptors (Lipinski definition) is 6. The van der Waals surface area contributed by atoms with Crippen molar-refractivity contribution in [2.45, 2.75) is 25.1 Å². The number of alkyl halides is 3. The van der Waals surface area contributed by atoms with Gasteiger partial charge in [0.05, 0.1) is 17.4 Å². The van der Waals surface area contributed by atoms with E-state index in [9.17, 15) is 13.2 Å². The van der Waals surface area contributed by atoms with Gasteiger partial charge >= 0.3 is 6.18 Å². The predicted molar refractivity (Wildman–Crippen MR) is 93.2 cm³/mol. The standard InChI is InChI=1S/C16H16F3N7/c17-16(18,19)10-4-3-9(5-11(10)20)24-14-6-12(23-8-1-2-8)15-22-7-13(21)26(15)25-14/h3-8,23H,1-2,20-21H2,(H,24,25). The summed E-state index contributed by atoms with van der Waals surface area (Å²) in [5.74, 6) is 0.763. The average molecular weight is 363 g/mol. The second-order valence-electron chi connectivity index (χ2n) is 6.21. The Bertz CT molecular complexity index is 976. The zero-order valence-electron chi connectivity index (χ0n) is 13.5. The normalized spacial score (nSPS) is 14.6. The van der Waals surface area contributed by atoms with E-state index in [4.69, 9.17) is 11.5 Å². The van der Waals surface area contributed by atoms with E-state index in [0.717, 1.165) is 24.6 Å². The topological polar surface area (TPSA) is 106 Å². The molecule has 1 saturated carbocycles. The lowest BCUT2D eigenvalue weighted by Gasteiger charge is -2.13.